The van der Waals surface area contributed by atoms with Gasteiger partial charge in [0.05, 0.1) is 0 Å². The van der Waals surface area contributed by atoms with Crippen molar-refractivity contribution in [1.82, 2.24) is 9.80 Å². The topological polar surface area (TPSA) is 23.6 Å². The number of rotatable bonds is 3. The summed E-state index contributed by atoms with van der Waals surface area (Å²) in [7, 11) is 0. The Kier molecular flexibility index (Phi) is 4.30. The number of amides is 1. The van der Waals surface area contributed by atoms with Gasteiger partial charge in [0.15, 0.2) is 11.6 Å². The second-order valence-electron chi connectivity index (χ2n) is 8.09. The standard InChI is InChI=1S/C20H26F2N2O/c1-12(2)24-13-6-7-14(24)11-23(9-8-13)20(25)17-10-16(17)15-4-3-5-18(21)19(15)22/h3-5,12-14,16-17H,6-11H2,1-2H3/t13-,14-,16+,17-/m0/s1. The zero-order chi connectivity index (χ0) is 17.7. The minimum absolute atomic E-state index is 0.130. The van der Waals surface area contributed by atoms with Gasteiger partial charge in [-0.25, -0.2) is 8.78 Å². The van der Waals surface area contributed by atoms with Crippen molar-refractivity contribution in [3.63, 3.8) is 0 Å². The number of hydrogen-bond acceptors (Lipinski definition) is 2. The Morgan fingerprint density at radius 1 is 1.16 bits per heavy atom. The highest BCUT2D eigenvalue weighted by Crippen LogP contribution is 2.50. The highest BCUT2D eigenvalue weighted by Gasteiger charge is 2.49. The van der Waals surface area contributed by atoms with E-state index in [2.05, 4.69) is 18.7 Å². The van der Waals surface area contributed by atoms with Crippen molar-refractivity contribution >= 4 is 5.91 Å². The SMILES string of the molecule is CC(C)N1[C@H]2CC[C@H]1CN(C(=O)[C@H]1C[C@@H]1c1cccc(F)c1F)CC2. The van der Waals surface area contributed by atoms with Gasteiger partial charge in [-0.15, -0.1) is 0 Å². The molecule has 3 nitrogen and oxygen atoms in total. The summed E-state index contributed by atoms with van der Waals surface area (Å²) in [5.74, 6) is -1.82. The first-order valence-corrected chi connectivity index (χ1v) is 9.47. The van der Waals surface area contributed by atoms with E-state index in [1.165, 1.54) is 12.5 Å². The van der Waals surface area contributed by atoms with E-state index in [-0.39, 0.29) is 17.7 Å². The van der Waals surface area contributed by atoms with Gasteiger partial charge in [-0.3, -0.25) is 9.69 Å². The summed E-state index contributed by atoms with van der Waals surface area (Å²) in [6.07, 6.45) is 4.04. The highest BCUT2D eigenvalue weighted by atomic mass is 19.2. The Hall–Kier alpha value is -1.49. The van der Waals surface area contributed by atoms with Crippen LogP contribution in [0.2, 0.25) is 0 Å². The molecule has 2 saturated heterocycles. The Morgan fingerprint density at radius 2 is 1.92 bits per heavy atom. The summed E-state index contributed by atoms with van der Waals surface area (Å²) in [4.78, 5) is 17.5. The molecule has 1 aromatic rings. The summed E-state index contributed by atoms with van der Waals surface area (Å²) in [5.41, 5.74) is 0.360. The average Bonchev–Trinajstić information content (AvgIpc) is 3.28. The van der Waals surface area contributed by atoms with Crippen molar-refractivity contribution in [2.75, 3.05) is 13.1 Å². The Bertz CT molecular complexity index is 678. The summed E-state index contributed by atoms with van der Waals surface area (Å²) < 4.78 is 27.4. The minimum atomic E-state index is -0.824. The van der Waals surface area contributed by atoms with Crippen LogP contribution in [0.15, 0.2) is 18.2 Å². The monoisotopic (exact) mass is 348 g/mol. The molecule has 3 fully saturated rings. The Balaban J connectivity index is 1.45. The maximum atomic E-state index is 14.0. The van der Waals surface area contributed by atoms with Crippen LogP contribution in [0.1, 0.15) is 51.0 Å². The molecule has 2 bridgehead atoms. The smallest absolute Gasteiger partial charge is 0.226 e. The minimum Gasteiger partial charge on any atom is -0.341 e. The van der Waals surface area contributed by atoms with E-state index in [0.29, 0.717) is 30.1 Å². The summed E-state index contributed by atoms with van der Waals surface area (Å²) >= 11 is 0. The number of halogens is 2. The summed E-state index contributed by atoms with van der Waals surface area (Å²) in [6.45, 7) is 6.03. The van der Waals surface area contributed by atoms with Crippen molar-refractivity contribution in [2.24, 2.45) is 5.92 Å². The predicted octanol–water partition coefficient (Wildman–Crippen LogP) is 3.54. The molecule has 1 aromatic carbocycles. The molecule has 0 radical (unpaired) electrons. The summed E-state index contributed by atoms with van der Waals surface area (Å²) in [6, 6.07) is 5.80. The van der Waals surface area contributed by atoms with Crippen molar-refractivity contribution < 1.29 is 13.6 Å². The first-order chi connectivity index (χ1) is 12.0. The molecule has 4 atom stereocenters. The molecule has 2 heterocycles. The molecule has 136 valence electrons. The van der Waals surface area contributed by atoms with E-state index in [1.807, 2.05) is 4.90 Å². The van der Waals surface area contributed by atoms with Crippen LogP contribution in [-0.4, -0.2) is 46.9 Å². The molecule has 0 unspecified atom stereocenters. The third-order valence-electron chi connectivity index (χ3n) is 6.24. The lowest BCUT2D eigenvalue weighted by atomic mass is 10.1. The predicted molar refractivity (Wildman–Crippen MR) is 92.2 cm³/mol. The number of hydrogen-bond donors (Lipinski definition) is 0. The van der Waals surface area contributed by atoms with Gasteiger partial charge in [0.25, 0.3) is 0 Å². The quantitative estimate of drug-likeness (QED) is 0.834. The van der Waals surface area contributed by atoms with Crippen LogP contribution < -0.4 is 0 Å². The van der Waals surface area contributed by atoms with Crippen LogP contribution in [0, 0.1) is 17.6 Å². The number of fused-ring (bicyclic) bond motifs is 2. The van der Waals surface area contributed by atoms with Crippen molar-refractivity contribution in [1.29, 1.82) is 0 Å². The van der Waals surface area contributed by atoms with Gasteiger partial charge in [-0.1, -0.05) is 12.1 Å². The number of benzene rings is 1. The fraction of sp³-hybridized carbons (Fsp3) is 0.650. The number of likely N-dealkylation sites (tertiary alicyclic amines) is 1. The normalized spacial score (nSPS) is 32.1. The van der Waals surface area contributed by atoms with Crippen molar-refractivity contribution in [3.05, 3.63) is 35.4 Å². The molecule has 1 saturated carbocycles. The molecule has 2 aliphatic heterocycles. The van der Waals surface area contributed by atoms with Gasteiger partial charge < -0.3 is 4.90 Å². The molecule has 25 heavy (non-hydrogen) atoms. The van der Waals surface area contributed by atoms with Crippen LogP contribution in [0.3, 0.4) is 0 Å². The van der Waals surface area contributed by atoms with Crippen LogP contribution in [0.4, 0.5) is 8.78 Å². The van der Waals surface area contributed by atoms with Crippen LogP contribution >= 0.6 is 0 Å². The molecule has 0 N–H and O–H groups in total. The van der Waals surface area contributed by atoms with Gasteiger partial charge in [-0.2, -0.15) is 0 Å². The van der Waals surface area contributed by atoms with E-state index in [9.17, 15) is 13.6 Å². The van der Waals surface area contributed by atoms with Gasteiger partial charge in [0, 0.05) is 37.1 Å². The molecule has 1 aliphatic carbocycles. The van der Waals surface area contributed by atoms with E-state index in [4.69, 9.17) is 0 Å². The van der Waals surface area contributed by atoms with Crippen molar-refractivity contribution in [3.8, 4) is 0 Å². The Morgan fingerprint density at radius 3 is 2.68 bits per heavy atom. The lowest BCUT2D eigenvalue weighted by molar-refractivity contribution is -0.133. The first kappa shape index (κ1) is 17.0. The average molecular weight is 348 g/mol. The Labute approximate surface area is 148 Å². The van der Waals surface area contributed by atoms with E-state index in [0.717, 1.165) is 32.0 Å². The molecular weight excluding hydrogens is 322 g/mol. The molecular formula is C20H26F2N2O. The maximum absolute atomic E-state index is 14.0. The van der Waals surface area contributed by atoms with E-state index >= 15 is 0 Å². The highest BCUT2D eigenvalue weighted by molar-refractivity contribution is 5.83. The maximum Gasteiger partial charge on any atom is 0.226 e. The van der Waals surface area contributed by atoms with Crippen LogP contribution in [-0.2, 0) is 4.79 Å². The van der Waals surface area contributed by atoms with E-state index < -0.39 is 11.6 Å². The zero-order valence-corrected chi connectivity index (χ0v) is 14.9. The largest absolute Gasteiger partial charge is 0.341 e. The molecule has 1 amide bonds. The van der Waals surface area contributed by atoms with Gasteiger partial charge >= 0.3 is 0 Å². The zero-order valence-electron chi connectivity index (χ0n) is 14.9. The van der Waals surface area contributed by atoms with Crippen LogP contribution in [0.5, 0.6) is 0 Å². The number of carbonyl (C=O) groups excluding carboxylic acids is 1. The van der Waals surface area contributed by atoms with Gasteiger partial charge in [0.2, 0.25) is 5.91 Å². The van der Waals surface area contributed by atoms with Crippen molar-refractivity contribution in [2.45, 2.75) is 63.6 Å². The second-order valence-corrected chi connectivity index (χ2v) is 8.09. The molecule has 0 spiro atoms. The van der Waals surface area contributed by atoms with Gasteiger partial charge in [-0.05, 0) is 57.1 Å². The molecule has 5 heteroatoms. The van der Waals surface area contributed by atoms with Gasteiger partial charge in [0.1, 0.15) is 0 Å². The first-order valence-electron chi connectivity index (χ1n) is 9.47. The molecule has 0 aromatic heterocycles. The lowest BCUT2D eigenvalue weighted by Crippen LogP contribution is -2.44. The second kappa shape index (κ2) is 6.35. The van der Waals surface area contributed by atoms with E-state index in [1.54, 1.807) is 6.07 Å². The third kappa shape index (κ3) is 2.97. The molecule has 3 aliphatic rings. The molecule has 4 rings (SSSR count). The fourth-order valence-corrected chi connectivity index (χ4v) is 5.01. The fourth-order valence-electron chi connectivity index (χ4n) is 5.01. The third-order valence-corrected chi connectivity index (χ3v) is 6.24. The number of carbonyl (C=O) groups is 1. The van der Waals surface area contributed by atoms with Crippen LogP contribution in [0.25, 0.3) is 0 Å². The lowest BCUT2D eigenvalue weighted by Gasteiger charge is -2.32. The summed E-state index contributed by atoms with van der Waals surface area (Å²) in [5, 5.41) is 0. The number of nitrogens with zero attached hydrogens (tertiary/aromatic N) is 2.